The summed E-state index contributed by atoms with van der Waals surface area (Å²) in [7, 11) is 0. The number of rotatable bonds is 5. The zero-order valence-electron chi connectivity index (χ0n) is 18.7. The number of hydrogen-bond acceptors (Lipinski definition) is 4. The number of aromatic amines is 1. The fraction of sp³-hybridized carbons (Fsp3) is 0.280. The molecule has 1 aliphatic heterocycles. The van der Waals surface area contributed by atoms with Crippen LogP contribution in [0.2, 0.25) is 0 Å². The quantitative estimate of drug-likeness (QED) is 0.461. The maximum atomic E-state index is 13.8. The Labute approximate surface area is 194 Å². The highest BCUT2D eigenvalue weighted by atomic mass is 19.2. The van der Waals surface area contributed by atoms with Crippen molar-refractivity contribution < 1.29 is 28.6 Å². The van der Waals surface area contributed by atoms with Gasteiger partial charge in [0.25, 0.3) is 11.8 Å². The summed E-state index contributed by atoms with van der Waals surface area (Å²) in [5.74, 6) is -3.43. The van der Waals surface area contributed by atoms with Crippen LogP contribution in [-0.4, -0.2) is 57.7 Å². The largest absolute Gasteiger partial charge is 0.394 e. The van der Waals surface area contributed by atoms with Gasteiger partial charge >= 0.3 is 0 Å². The van der Waals surface area contributed by atoms with E-state index in [1.165, 1.54) is 17.2 Å². The number of para-hydroxylation sites is 1. The molecule has 0 radical (unpaired) electrons. The minimum Gasteiger partial charge on any atom is -0.394 e. The van der Waals surface area contributed by atoms with Gasteiger partial charge in [0, 0.05) is 34.6 Å². The lowest BCUT2D eigenvalue weighted by atomic mass is 9.81. The molecule has 0 aliphatic carbocycles. The average molecular weight is 469 g/mol. The second-order valence-electron chi connectivity index (χ2n) is 8.94. The molecule has 0 unspecified atom stereocenters. The summed E-state index contributed by atoms with van der Waals surface area (Å²) in [5.41, 5.74) is 1.52. The number of benzene rings is 2. The first kappa shape index (κ1) is 23.6. The predicted octanol–water partition coefficient (Wildman–Crippen LogP) is 2.69. The maximum Gasteiger partial charge on any atom is 0.257 e. The van der Waals surface area contributed by atoms with Gasteiger partial charge in [-0.1, -0.05) is 32.0 Å². The number of carbonyl (C=O) groups is 2. The average Bonchev–Trinajstić information content (AvgIpc) is 3.16. The van der Waals surface area contributed by atoms with Gasteiger partial charge in [0.1, 0.15) is 0 Å². The molecule has 0 spiro atoms. The Morgan fingerprint density at radius 2 is 1.82 bits per heavy atom. The number of nitrogens with one attached hydrogen (secondary N) is 2. The molecule has 178 valence electrons. The van der Waals surface area contributed by atoms with Crippen molar-refractivity contribution in [1.29, 1.82) is 0 Å². The number of fused-ring (bicyclic) bond motifs is 3. The molecule has 7 nitrogen and oxygen atoms in total. The van der Waals surface area contributed by atoms with Crippen LogP contribution in [0, 0.1) is 11.6 Å². The van der Waals surface area contributed by atoms with E-state index in [0.29, 0.717) is 5.69 Å². The molecule has 4 N–H and O–H groups in total. The van der Waals surface area contributed by atoms with Crippen molar-refractivity contribution in [3.8, 4) is 0 Å². The number of aromatic nitrogens is 1. The van der Waals surface area contributed by atoms with E-state index in [0.717, 1.165) is 28.6 Å². The fourth-order valence-electron chi connectivity index (χ4n) is 4.33. The number of H-pyrrole nitrogens is 1. The fourth-order valence-corrected chi connectivity index (χ4v) is 4.33. The van der Waals surface area contributed by atoms with Gasteiger partial charge in [-0.15, -0.1) is 0 Å². The van der Waals surface area contributed by atoms with Crippen LogP contribution in [0.25, 0.3) is 16.5 Å². The topological polar surface area (TPSA) is 106 Å². The number of aliphatic hydroxyl groups is 2. The lowest BCUT2D eigenvalue weighted by molar-refractivity contribution is -0.117. The van der Waals surface area contributed by atoms with E-state index in [-0.39, 0.29) is 17.7 Å². The number of amides is 2. The second kappa shape index (κ2) is 9.00. The zero-order chi connectivity index (χ0) is 24.6. The normalized spacial score (nSPS) is 15.1. The predicted molar refractivity (Wildman–Crippen MR) is 123 cm³/mol. The Morgan fingerprint density at radius 1 is 1.12 bits per heavy atom. The Kier molecular flexibility index (Phi) is 6.24. The van der Waals surface area contributed by atoms with Crippen LogP contribution >= 0.6 is 0 Å². The summed E-state index contributed by atoms with van der Waals surface area (Å²) >= 11 is 0. The van der Waals surface area contributed by atoms with Crippen LogP contribution in [-0.2, 0) is 10.2 Å². The molecule has 2 aromatic carbocycles. The molecule has 34 heavy (non-hydrogen) atoms. The van der Waals surface area contributed by atoms with Gasteiger partial charge < -0.3 is 25.4 Å². The molecule has 1 aromatic heterocycles. The standard InChI is InChI=1S/C25H25F2N3O4/c1-25(2)13-30(24(34)14-7-8-18(26)19(27)9-14)10-17(23(33)28-15(11-31)12-32)22-21(25)16-5-3-4-6-20(16)29-22/h3-10,15,29,31-32H,11-13H2,1-2H3,(H,28,33). The van der Waals surface area contributed by atoms with Gasteiger partial charge in [0.2, 0.25) is 0 Å². The van der Waals surface area contributed by atoms with E-state index < -0.39 is 48.1 Å². The van der Waals surface area contributed by atoms with Crippen molar-refractivity contribution in [1.82, 2.24) is 15.2 Å². The number of nitrogens with zero attached hydrogens (tertiary/aromatic N) is 1. The molecule has 2 amide bonds. The third kappa shape index (κ3) is 4.20. The number of aliphatic hydroxyl groups excluding tert-OH is 2. The Hall–Kier alpha value is -3.56. The summed E-state index contributed by atoms with van der Waals surface area (Å²) < 4.78 is 27.3. The van der Waals surface area contributed by atoms with Crippen molar-refractivity contribution in [3.05, 3.63) is 77.1 Å². The summed E-state index contributed by atoms with van der Waals surface area (Å²) in [6.07, 6.45) is 1.37. The van der Waals surface area contributed by atoms with Crippen molar-refractivity contribution in [2.45, 2.75) is 25.3 Å². The lowest BCUT2D eigenvalue weighted by Crippen LogP contribution is -2.41. The van der Waals surface area contributed by atoms with Gasteiger partial charge in [-0.25, -0.2) is 8.78 Å². The van der Waals surface area contributed by atoms with Gasteiger partial charge in [0.15, 0.2) is 11.6 Å². The molecule has 4 rings (SSSR count). The molecule has 3 aromatic rings. The van der Waals surface area contributed by atoms with E-state index in [2.05, 4.69) is 10.3 Å². The van der Waals surface area contributed by atoms with E-state index >= 15 is 0 Å². The van der Waals surface area contributed by atoms with E-state index in [9.17, 15) is 28.6 Å². The smallest absolute Gasteiger partial charge is 0.257 e. The number of carbonyl (C=O) groups excluding carboxylic acids is 2. The van der Waals surface area contributed by atoms with Crippen LogP contribution in [0.5, 0.6) is 0 Å². The second-order valence-corrected chi connectivity index (χ2v) is 8.94. The molecular weight excluding hydrogens is 444 g/mol. The zero-order valence-corrected chi connectivity index (χ0v) is 18.7. The third-order valence-corrected chi connectivity index (χ3v) is 5.95. The Morgan fingerprint density at radius 3 is 2.50 bits per heavy atom. The molecule has 9 heteroatoms. The molecular formula is C25H25F2N3O4. The first-order chi connectivity index (χ1) is 16.2. The van der Waals surface area contributed by atoms with Crippen LogP contribution in [0.1, 0.15) is 35.5 Å². The maximum absolute atomic E-state index is 13.8. The Balaban J connectivity index is 1.87. The first-order valence-corrected chi connectivity index (χ1v) is 10.8. The van der Waals surface area contributed by atoms with Gasteiger partial charge in [-0.2, -0.15) is 0 Å². The highest BCUT2D eigenvalue weighted by Crippen LogP contribution is 2.40. The van der Waals surface area contributed by atoms with E-state index in [1.54, 1.807) is 0 Å². The van der Waals surface area contributed by atoms with Crippen LogP contribution in [0.3, 0.4) is 0 Å². The summed E-state index contributed by atoms with van der Waals surface area (Å²) in [6, 6.07) is 9.53. The number of halogens is 2. The highest BCUT2D eigenvalue weighted by molar-refractivity contribution is 6.21. The first-order valence-electron chi connectivity index (χ1n) is 10.8. The Bertz CT molecular complexity index is 1290. The lowest BCUT2D eigenvalue weighted by Gasteiger charge is -2.29. The van der Waals surface area contributed by atoms with Crippen molar-refractivity contribution >= 4 is 28.3 Å². The molecule has 1 aliphatic rings. The molecule has 0 atom stereocenters. The van der Waals surface area contributed by atoms with Crippen LogP contribution < -0.4 is 5.32 Å². The molecule has 0 bridgehead atoms. The van der Waals surface area contributed by atoms with Crippen LogP contribution in [0.4, 0.5) is 8.78 Å². The van der Waals surface area contributed by atoms with Crippen molar-refractivity contribution in [3.63, 3.8) is 0 Å². The van der Waals surface area contributed by atoms with Crippen LogP contribution in [0.15, 0.2) is 48.7 Å². The van der Waals surface area contributed by atoms with Gasteiger partial charge in [0.05, 0.1) is 30.5 Å². The van der Waals surface area contributed by atoms with E-state index in [4.69, 9.17) is 0 Å². The van der Waals surface area contributed by atoms with E-state index in [1.807, 2.05) is 38.1 Å². The molecule has 0 fully saturated rings. The number of hydrogen-bond donors (Lipinski definition) is 4. The summed E-state index contributed by atoms with van der Waals surface area (Å²) in [5, 5.41) is 22.3. The minimum atomic E-state index is -1.15. The van der Waals surface area contributed by atoms with Crippen molar-refractivity contribution in [2.75, 3.05) is 19.8 Å². The molecule has 2 heterocycles. The SMILES string of the molecule is CC1(C)CN(C(=O)c2ccc(F)c(F)c2)C=C(C(=O)NC(CO)CO)c2[nH]c3ccccc3c21. The monoisotopic (exact) mass is 469 g/mol. The third-order valence-electron chi connectivity index (χ3n) is 5.95. The van der Waals surface area contributed by atoms with Crippen molar-refractivity contribution in [2.24, 2.45) is 0 Å². The molecule has 0 saturated carbocycles. The minimum absolute atomic E-state index is 0.0651. The summed E-state index contributed by atoms with van der Waals surface area (Å²) in [4.78, 5) is 31.1. The molecule has 0 saturated heterocycles. The highest BCUT2D eigenvalue weighted by Gasteiger charge is 2.37. The van der Waals surface area contributed by atoms with Gasteiger partial charge in [-0.05, 0) is 29.8 Å². The summed E-state index contributed by atoms with van der Waals surface area (Å²) in [6.45, 7) is 3.06. The van der Waals surface area contributed by atoms with Gasteiger partial charge in [-0.3, -0.25) is 9.59 Å².